The van der Waals surface area contributed by atoms with Gasteiger partial charge < -0.3 is 15.8 Å². The molecule has 0 saturated heterocycles. The Morgan fingerprint density at radius 1 is 1.33 bits per heavy atom. The van der Waals surface area contributed by atoms with Crippen LogP contribution in [0, 0.1) is 18.6 Å². The van der Waals surface area contributed by atoms with Gasteiger partial charge in [0.05, 0.1) is 11.3 Å². The Balaban J connectivity index is 1.68. The van der Waals surface area contributed by atoms with Crippen molar-refractivity contribution in [1.29, 1.82) is 0 Å². The first-order valence-electron chi connectivity index (χ1n) is 11.4. The summed E-state index contributed by atoms with van der Waals surface area (Å²) in [6.07, 6.45) is 5.47. The topological polar surface area (TPSA) is 81.6 Å². The lowest BCUT2D eigenvalue weighted by Gasteiger charge is -2.24. The molecule has 4 rings (SSSR count). The van der Waals surface area contributed by atoms with Crippen LogP contribution in [0.15, 0.2) is 30.5 Å². The fourth-order valence-electron chi connectivity index (χ4n) is 4.08. The van der Waals surface area contributed by atoms with Crippen LogP contribution in [0.2, 0.25) is 0 Å². The summed E-state index contributed by atoms with van der Waals surface area (Å²) < 4.78 is 35.7. The number of hydrogen-bond donors (Lipinski definition) is 2. The van der Waals surface area contributed by atoms with E-state index < -0.39 is 17.2 Å². The molecule has 2 heterocycles. The smallest absolute Gasteiger partial charge is 0.270 e. The van der Waals surface area contributed by atoms with Crippen LogP contribution >= 0.6 is 0 Å². The second-order valence-electron chi connectivity index (χ2n) is 9.27. The van der Waals surface area contributed by atoms with Crippen LogP contribution in [-0.2, 0) is 6.61 Å². The van der Waals surface area contributed by atoms with Gasteiger partial charge in [-0.25, -0.2) is 13.8 Å². The number of fused-ring (bicyclic) bond motifs is 1. The van der Waals surface area contributed by atoms with E-state index >= 15 is 0 Å². The highest BCUT2D eigenvalue weighted by molar-refractivity contribution is 5.95. The van der Waals surface area contributed by atoms with Gasteiger partial charge >= 0.3 is 0 Å². The van der Waals surface area contributed by atoms with E-state index in [2.05, 4.69) is 12.2 Å². The number of hydrogen-bond acceptors (Lipinski definition) is 4. The molecule has 1 atom stereocenters. The van der Waals surface area contributed by atoms with Gasteiger partial charge in [-0.05, 0) is 56.9 Å². The molecule has 1 unspecified atom stereocenters. The maximum Gasteiger partial charge on any atom is 0.270 e. The minimum atomic E-state index is -0.669. The second-order valence-corrected chi connectivity index (χ2v) is 9.27. The largest absolute Gasteiger partial charge is 0.485 e. The van der Waals surface area contributed by atoms with Gasteiger partial charge in [0.2, 0.25) is 0 Å². The van der Waals surface area contributed by atoms with Crippen LogP contribution in [0.5, 0.6) is 5.75 Å². The second kappa shape index (κ2) is 9.09. The third-order valence-electron chi connectivity index (χ3n) is 5.94. The van der Waals surface area contributed by atoms with Crippen LogP contribution in [0.4, 0.5) is 8.78 Å². The number of aryl methyl sites for hydroxylation is 1. The molecule has 1 aliphatic rings. The molecule has 3 aromatic rings. The van der Waals surface area contributed by atoms with E-state index in [1.807, 2.05) is 20.0 Å². The first-order valence-corrected chi connectivity index (χ1v) is 11.4. The summed E-state index contributed by atoms with van der Waals surface area (Å²) >= 11 is 0. The third-order valence-corrected chi connectivity index (χ3v) is 5.94. The summed E-state index contributed by atoms with van der Waals surface area (Å²) in [6, 6.07) is 5.46. The number of halogens is 2. The quantitative estimate of drug-likeness (QED) is 0.492. The Morgan fingerprint density at radius 2 is 2.03 bits per heavy atom. The van der Waals surface area contributed by atoms with E-state index in [1.165, 1.54) is 18.2 Å². The fraction of sp³-hybridized carbons (Fsp3) is 0.440. The van der Waals surface area contributed by atoms with Crippen LogP contribution in [-0.4, -0.2) is 27.4 Å². The monoisotopic (exact) mass is 456 g/mol. The van der Waals surface area contributed by atoms with Crippen molar-refractivity contribution in [2.24, 2.45) is 5.73 Å². The van der Waals surface area contributed by atoms with E-state index in [0.717, 1.165) is 31.2 Å². The number of nitrogens with one attached hydrogen (secondary N) is 1. The Morgan fingerprint density at radius 3 is 2.67 bits per heavy atom. The van der Waals surface area contributed by atoms with Crippen LogP contribution in [0.1, 0.15) is 72.8 Å². The van der Waals surface area contributed by atoms with E-state index in [9.17, 15) is 13.6 Å². The lowest BCUT2D eigenvalue weighted by Crippen LogP contribution is -2.47. The minimum Gasteiger partial charge on any atom is -0.485 e. The van der Waals surface area contributed by atoms with Gasteiger partial charge in [-0.3, -0.25) is 9.20 Å². The van der Waals surface area contributed by atoms with Gasteiger partial charge in [0.15, 0.2) is 11.4 Å². The number of pyridine rings is 1. The lowest BCUT2D eigenvalue weighted by atomic mass is 9.97. The Kier molecular flexibility index (Phi) is 6.38. The van der Waals surface area contributed by atoms with Gasteiger partial charge in [-0.1, -0.05) is 19.4 Å². The van der Waals surface area contributed by atoms with Crippen molar-refractivity contribution in [2.45, 2.75) is 64.5 Å². The first kappa shape index (κ1) is 23.2. The molecule has 3 N–H and O–H groups in total. The standard InChI is InChI=1S/C25H30F2N4O2/c1-4-10-25(3,28)14-29-24(32)22-21(16-8-9-16)30-23-20(11-15(2)12-31(22)23)33-13-17-18(26)6-5-7-19(17)27/h5-7,11-12,16H,4,8-10,13-14,28H2,1-3H3,(H,29,32). The number of carbonyl (C=O) groups excluding carboxylic acids is 1. The number of imidazole rings is 1. The fourth-order valence-corrected chi connectivity index (χ4v) is 4.08. The van der Waals surface area contributed by atoms with Crippen molar-refractivity contribution in [3.8, 4) is 5.75 Å². The summed E-state index contributed by atoms with van der Waals surface area (Å²) in [5.74, 6) is -1.000. The highest BCUT2D eigenvalue weighted by atomic mass is 19.1. The predicted molar refractivity (Wildman–Crippen MR) is 122 cm³/mol. The Bertz CT molecular complexity index is 1160. The van der Waals surface area contributed by atoms with Gasteiger partial charge in [0.25, 0.3) is 5.91 Å². The molecule has 0 bridgehead atoms. The van der Waals surface area contributed by atoms with Gasteiger partial charge in [-0.15, -0.1) is 0 Å². The summed E-state index contributed by atoms with van der Waals surface area (Å²) in [6.45, 7) is 5.91. The third kappa shape index (κ3) is 5.00. The van der Waals surface area contributed by atoms with Crippen molar-refractivity contribution in [3.05, 3.63) is 64.6 Å². The summed E-state index contributed by atoms with van der Waals surface area (Å²) in [5.41, 5.74) is 8.11. The maximum atomic E-state index is 14.1. The molecule has 0 radical (unpaired) electrons. The summed E-state index contributed by atoms with van der Waals surface area (Å²) in [5, 5.41) is 2.97. The van der Waals surface area contributed by atoms with Crippen molar-refractivity contribution < 1.29 is 18.3 Å². The zero-order valence-corrected chi connectivity index (χ0v) is 19.3. The molecule has 176 valence electrons. The van der Waals surface area contributed by atoms with E-state index in [4.69, 9.17) is 15.5 Å². The molecule has 0 spiro atoms. The molecule has 1 saturated carbocycles. The molecule has 1 aromatic carbocycles. The highest BCUT2D eigenvalue weighted by Crippen LogP contribution is 2.42. The normalized spacial score (nSPS) is 15.5. The number of ether oxygens (including phenoxy) is 1. The number of benzene rings is 1. The molecule has 6 nitrogen and oxygen atoms in total. The predicted octanol–water partition coefficient (Wildman–Crippen LogP) is 4.62. The number of nitrogens with two attached hydrogens (primary N) is 1. The molecular formula is C25H30F2N4O2. The molecular weight excluding hydrogens is 426 g/mol. The molecule has 0 aliphatic heterocycles. The molecule has 1 amide bonds. The molecule has 8 heteroatoms. The highest BCUT2D eigenvalue weighted by Gasteiger charge is 2.34. The molecule has 1 aliphatic carbocycles. The maximum absolute atomic E-state index is 14.1. The van der Waals surface area contributed by atoms with E-state index in [0.29, 0.717) is 29.3 Å². The molecule has 2 aromatic heterocycles. The average molecular weight is 457 g/mol. The molecule has 1 fully saturated rings. The number of carbonyl (C=O) groups is 1. The van der Waals surface area contributed by atoms with Gasteiger partial charge in [-0.2, -0.15) is 0 Å². The van der Waals surface area contributed by atoms with E-state index in [-0.39, 0.29) is 24.0 Å². The van der Waals surface area contributed by atoms with Crippen LogP contribution < -0.4 is 15.8 Å². The van der Waals surface area contributed by atoms with Crippen LogP contribution in [0.25, 0.3) is 5.65 Å². The number of aromatic nitrogens is 2. The average Bonchev–Trinajstić information content (AvgIpc) is 3.52. The van der Waals surface area contributed by atoms with Crippen LogP contribution in [0.3, 0.4) is 0 Å². The van der Waals surface area contributed by atoms with Gasteiger partial charge in [0, 0.05) is 24.2 Å². The number of nitrogens with zero attached hydrogens (tertiary/aromatic N) is 2. The zero-order valence-electron chi connectivity index (χ0n) is 19.3. The minimum absolute atomic E-state index is 0.151. The summed E-state index contributed by atoms with van der Waals surface area (Å²) in [4.78, 5) is 18.0. The zero-order chi connectivity index (χ0) is 23.8. The lowest BCUT2D eigenvalue weighted by molar-refractivity contribution is 0.0936. The van der Waals surface area contributed by atoms with Crippen molar-refractivity contribution >= 4 is 11.6 Å². The van der Waals surface area contributed by atoms with E-state index in [1.54, 1.807) is 10.5 Å². The SMILES string of the molecule is CCCC(C)(N)CNC(=O)c1c(C2CC2)nc2c(OCc3c(F)cccc3F)cc(C)cn12. The summed E-state index contributed by atoms with van der Waals surface area (Å²) in [7, 11) is 0. The number of amides is 1. The van der Waals surface area contributed by atoms with Crippen molar-refractivity contribution in [2.75, 3.05) is 6.54 Å². The van der Waals surface area contributed by atoms with Crippen molar-refractivity contribution in [3.63, 3.8) is 0 Å². The Hall–Kier alpha value is -3.00. The molecule has 33 heavy (non-hydrogen) atoms. The first-order chi connectivity index (χ1) is 15.7. The van der Waals surface area contributed by atoms with Gasteiger partial charge in [0.1, 0.15) is 23.9 Å². The van der Waals surface area contributed by atoms with Crippen molar-refractivity contribution in [1.82, 2.24) is 14.7 Å². The Labute approximate surface area is 192 Å². The number of rotatable bonds is 9.